The maximum Gasteiger partial charge on any atom is 0.323 e. The maximum atomic E-state index is 12.4. The maximum absolute atomic E-state index is 12.4. The predicted octanol–water partition coefficient (Wildman–Crippen LogP) is 2.39. The average molecular weight is 329 g/mol. The van der Waals surface area contributed by atoms with Crippen molar-refractivity contribution in [2.75, 3.05) is 11.4 Å². The van der Waals surface area contributed by atoms with Crippen LogP contribution in [0.25, 0.3) is 0 Å². The van der Waals surface area contributed by atoms with E-state index in [1.165, 1.54) is 4.90 Å². The SMILES string of the molecule is O=C(O)CN(C(=O)CCCc1nc(C2CC2)no1)c1ccccc1. The van der Waals surface area contributed by atoms with Crippen LogP contribution in [0.3, 0.4) is 0 Å². The van der Waals surface area contributed by atoms with Gasteiger partial charge in [0.15, 0.2) is 5.82 Å². The van der Waals surface area contributed by atoms with Crippen molar-refractivity contribution in [2.24, 2.45) is 0 Å². The zero-order valence-electron chi connectivity index (χ0n) is 13.2. The Hall–Kier alpha value is -2.70. The van der Waals surface area contributed by atoms with Gasteiger partial charge in [0, 0.05) is 24.4 Å². The molecule has 1 fully saturated rings. The van der Waals surface area contributed by atoms with E-state index in [0.29, 0.717) is 30.3 Å². The number of hydrogen-bond acceptors (Lipinski definition) is 5. The van der Waals surface area contributed by atoms with Gasteiger partial charge in [-0.1, -0.05) is 23.4 Å². The molecule has 0 spiro atoms. The third-order valence-electron chi connectivity index (χ3n) is 3.87. The fraction of sp³-hybridized carbons (Fsp3) is 0.412. The van der Waals surface area contributed by atoms with Crippen LogP contribution in [-0.4, -0.2) is 33.7 Å². The van der Waals surface area contributed by atoms with Gasteiger partial charge in [-0.2, -0.15) is 4.98 Å². The fourth-order valence-corrected chi connectivity index (χ4v) is 2.47. The van der Waals surface area contributed by atoms with Crippen LogP contribution in [0.4, 0.5) is 5.69 Å². The largest absolute Gasteiger partial charge is 0.480 e. The second-order valence-electron chi connectivity index (χ2n) is 5.88. The quantitative estimate of drug-likeness (QED) is 0.799. The molecule has 0 unspecified atom stereocenters. The highest BCUT2D eigenvalue weighted by Gasteiger charge is 2.28. The molecule has 24 heavy (non-hydrogen) atoms. The number of nitrogens with zero attached hydrogens (tertiary/aromatic N) is 3. The Bertz CT molecular complexity index is 710. The summed E-state index contributed by atoms with van der Waals surface area (Å²) >= 11 is 0. The van der Waals surface area contributed by atoms with Crippen LogP contribution in [0.2, 0.25) is 0 Å². The second-order valence-corrected chi connectivity index (χ2v) is 5.88. The molecule has 1 aliphatic carbocycles. The molecule has 1 aromatic carbocycles. The highest BCUT2D eigenvalue weighted by atomic mass is 16.5. The van der Waals surface area contributed by atoms with E-state index in [-0.39, 0.29) is 18.9 Å². The first-order chi connectivity index (χ1) is 11.6. The van der Waals surface area contributed by atoms with Crippen LogP contribution in [0.5, 0.6) is 0 Å². The number of para-hydroxylation sites is 1. The molecular weight excluding hydrogens is 310 g/mol. The van der Waals surface area contributed by atoms with Gasteiger partial charge in [0.1, 0.15) is 6.54 Å². The van der Waals surface area contributed by atoms with Gasteiger partial charge in [0.05, 0.1) is 0 Å². The zero-order chi connectivity index (χ0) is 16.9. The Balaban J connectivity index is 1.55. The number of carbonyl (C=O) groups excluding carboxylic acids is 1. The smallest absolute Gasteiger partial charge is 0.323 e. The van der Waals surface area contributed by atoms with Gasteiger partial charge in [-0.25, -0.2) is 0 Å². The monoisotopic (exact) mass is 329 g/mol. The molecule has 3 rings (SSSR count). The van der Waals surface area contributed by atoms with Gasteiger partial charge in [-0.05, 0) is 31.4 Å². The Morgan fingerprint density at radius 3 is 2.67 bits per heavy atom. The van der Waals surface area contributed by atoms with Crippen LogP contribution in [-0.2, 0) is 16.0 Å². The molecule has 7 heteroatoms. The fourth-order valence-electron chi connectivity index (χ4n) is 2.47. The van der Waals surface area contributed by atoms with Gasteiger partial charge < -0.3 is 14.5 Å². The highest BCUT2D eigenvalue weighted by Crippen LogP contribution is 2.38. The zero-order valence-corrected chi connectivity index (χ0v) is 13.2. The van der Waals surface area contributed by atoms with E-state index in [9.17, 15) is 9.59 Å². The number of carbonyl (C=O) groups is 2. The van der Waals surface area contributed by atoms with Gasteiger partial charge in [0.2, 0.25) is 11.8 Å². The number of aryl methyl sites for hydroxylation is 1. The number of benzene rings is 1. The summed E-state index contributed by atoms with van der Waals surface area (Å²) in [6.45, 7) is -0.352. The number of aromatic nitrogens is 2. The minimum Gasteiger partial charge on any atom is -0.480 e. The molecule has 0 atom stereocenters. The number of rotatable bonds is 8. The predicted molar refractivity (Wildman–Crippen MR) is 85.6 cm³/mol. The van der Waals surface area contributed by atoms with E-state index in [4.69, 9.17) is 9.63 Å². The molecule has 126 valence electrons. The van der Waals surface area contributed by atoms with Crippen molar-refractivity contribution in [3.05, 3.63) is 42.0 Å². The van der Waals surface area contributed by atoms with Crippen molar-refractivity contribution in [3.63, 3.8) is 0 Å². The number of aliphatic carboxylic acids is 1. The van der Waals surface area contributed by atoms with E-state index in [1.807, 2.05) is 6.07 Å². The summed E-state index contributed by atoms with van der Waals surface area (Å²) < 4.78 is 5.18. The first-order valence-electron chi connectivity index (χ1n) is 8.03. The van der Waals surface area contributed by atoms with Crippen LogP contribution in [0.1, 0.15) is 43.3 Å². The number of hydrogen-bond donors (Lipinski definition) is 1. The molecule has 1 amide bonds. The molecule has 1 saturated carbocycles. The molecular formula is C17H19N3O4. The lowest BCUT2D eigenvalue weighted by Gasteiger charge is -2.20. The number of anilines is 1. The normalized spacial score (nSPS) is 13.7. The second kappa shape index (κ2) is 7.25. The van der Waals surface area contributed by atoms with Crippen molar-refractivity contribution in [2.45, 2.75) is 38.0 Å². The van der Waals surface area contributed by atoms with Crippen molar-refractivity contribution in [1.82, 2.24) is 10.1 Å². The molecule has 2 aromatic rings. The summed E-state index contributed by atoms with van der Waals surface area (Å²) in [5.74, 6) is 0.458. The van der Waals surface area contributed by atoms with Crippen LogP contribution in [0, 0.1) is 0 Å². The number of carboxylic acids is 1. The molecule has 0 radical (unpaired) electrons. The van der Waals surface area contributed by atoms with Gasteiger partial charge in [-0.3, -0.25) is 9.59 Å². The first kappa shape index (κ1) is 16.2. The summed E-state index contributed by atoms with van der Waals surface area (Å²) in [6, 6.07) is 8.81. The van der Waals surface area contributed by atoms with Gasteiger partial charge >= 0.3 is 5.97 Å². The lowest BCUT2D eigenvalue weighted by Crippen LogP contribution is -2.35. The average Bonchev–Trinajstić information content (AvgIpc) is 3.32. The standard InChI is InChI=1S/C17H19N3O4/c21-15(20(11-16(22)23)13-5-2-1-3-6-13)8-4-7-14-18-17(19-24-14)12-9-10-12/h1-3,5-6,12H,4,7-11H2,(H,22,23). The summed E-state index contributed by atoms with van der Waals surface area (Å²) in [7, 11) is 0. The Morgan fingerprint density at radius 1 is 1.25 bits per heavy atom. The van der Waals surface area contributed by atoms with Crippen LogP contribution < -0.4 is 4.90 Å². The third-order valence-corrected chi connectivity index (χ3v) is 3.87. The third kappa shape index (κ3) is 4.18. The van der Waals surface area contributed by atoms with E-state index in [0.717, 1.165) is 18.7 Å². The highest BCUT2D eigenvalue weighted by molar-refractivity contribution is 5.97. The molecule has 7 nitrogen and oxygen atoms in total. The van der Waals surface area contributed by atoms with Gasteiger partial charge in [0.25, 0.3) is 0 Å². The Labute approximate surface area is 139 Å². The van der Waals surface area contributed by atoms with E-state index in [1.54, 1.807) is 24.3 Å². The molecule has 0 bridgehead atoms. The summed E-state index contributed by atoms with van der Waals surface area (Å²) in [5.41, 5.74) is 0.582. The van der Waals surface area contributed by atoms with E-state index in [2.05, 4.69) is 10.1 Å². The minimum absolute atomic E-state index is 0.226. The molecule has 1 aromatic heterocycles. The molecule has 1 N–H and O–H groups in total. The van der Waals surface area contributed by atoms with E-state index < -0.39 is 5.97 Å². The van der Waals surface area contributed by atoms with Gasteiger partial charge in [-0.15, -0.1) is 0 Å². The van der Waals surface area contributed by atoms with Crippen molar-refractivity contribution < 1.29 is 19.2 Å². The molecule has 1 aliphatic rings. The van der Waals surface area contributed by atoms with Crippen LogP contribution in [0.15, 0.2) is 34.9 Å². The van der Waals surface area contributed by atoms with Crippen molar-refractivity contribution >= 4 is 17.6 Å². The Morgan fingerprint density at radius 2 is 2.00 bits per heavy atom. The first-order valence-corrected chi connectivity index (χ1v) is 8.03. The minimum atomic E-state index is -1.04. The summed E-state index contributed by atoms with van der Waals surface area (Å²) in [5, 5.41) is 13.0. The van der Waals surface area contributed by atoms with Crippen molar-refractivity contribution in [1.29, 1.82) is 0 Å². The summed E-state index contributed by atoms with van der Waals surface area (Å²) in [4.78, 5) is 29.0. The lowest BCUT2D eigenvalue weighted by molar-refractivity contribution is -0.136. The van der Waals surface area contributed by atoms with Crippen LogP contribution >= 0.6 is 0 Å². The van der Waals surface area contributed by atoms with Crippen molar-refractivity contribution in [3.8, 4) is 0 Å². The molecule has 0 aliphatic heterocycles. The summed E-state index contributed by atoms with van der Waals surface area (Å²) in [6.07, 6.45) is 3.50. The Kier molecular flexibility index (Phi) is 4.88. The topological polar surface area (TPSA) is 96.5 Å². The van der Waals surface area contributed by atoms with E-state index >= 15 is 0 Å². The molecule has 1 heterocycles. The lowest BCUT2D eigenvalue weighted by atomic mass is 10.2. The number of amides is 1. The number of carboxylic acid groups (broad SMARTS) is 1. The molecule has 0 saturated heterocycles.